The molecule has 1 aromatic carbocycles. The molecule has 0 aromatic heterocycles. The first-order valence-corrected chi connectivity index (χ1v) is 6.38. The van der Waals surface area contributed by atoms with Gasteiger partial charge in [0.15, 0.2) is 0 Å². The molecule has 1 aliphatic carbocycles. The van der Waals surface area contributed by atoms with Gasteiger partial charge in [-0.15, -0.1) is 0 Å². The maximum absolute atomic E-state index is 5.80. The first-order chi connectivity index (χ1) is 8.33. The summed E-state index contributed by atoms with van der Waals surface area (Å²) < 4.78 is 5.15. The molecule has 3 heteroatoms. The maximum Gasteiger partial charge on any atom is 0.0713 e. The zero-order valence-corrected chi connectivity index (χ0v) is 10.5. The van der Waals surface area contributed by atoms with Gasteiger partial charge < -0.3 is 15.8 Å². The number of nitrogens with one attached hydrogen (secondary N) is 1. The van der Waals surface area contributed by atoms with Crippen LogP contribution in [0.4, 0.5) is 5.69 Å². The molecule has 0 bridgehead atoms. The molecule has 0 spiro atoms. The summed E-state index contributed by atoms with van der Waals surface area (Å²) in [5.41, 5.74) is 8.19. The van der Waals surface area contributed by atoms with Gasteiger partial charge in [0.1, 0.15) is 0 Å². The van der Waals surface area contributed by atoms with Crippen LogP contribution in [0.1, 0.15) is 24.8 Å². The van der Waals surface area contributed by atoms with Crippen molar-refractivity contribution in [3.05, 3.63) is 29.8 Å². The molecule has 2 atom stereocenters. The lowest BCUT2D eigenvalue weighted by Gasteiger charge is -2.21. The summed E-state index contributed by atoms with van der Waals surface area (Å²) in [5.74, 6) is 0.626. The number of ether oxygens (including phenoxy) is 1. The number of hydrogen-bond donors (Lipinski definition) is 2. The van der Waals surface area contributed by atoms with Crippen LogP contribution in [0.2, 0.25) is 0 Å². The SMILES string of the molecule is COCc1cccc(NC2CCCC2CN)c1. The van der Waals surface area contributed by atoms with Gasteiger partial charge in [-0.05, 0) is 43.0 Å². The molecule has 0 saturated heterocycles. The summed E-state index contributed by atoms with van der Waals surface area (Å²) in [5, 5.41) is 3.61. The minimum absolute atomic E-state index is 0.540. The topological polar surface area (TPSA) is 47.3 Å². The van der Waals surface area contributed by atoms with Crippen LogP contribution in [0.15, 0.2) is 24.3 Å². The summed E-state index contributed by atoms with van der Waals surface area (Å²) in [7, 11) is 1.72. The third kappa shape index (κ3) is 3.20. The highest BCUT2D eigenvalue weighted by atomic mass is 16.5. The van der Waals surface area contributed by atoms with Crippen molar-refractivity contribution in [1.82, 2.24) is 0 Å². The Morgan fingerprint density at radius 3 is 3.06 bits per heavy atom. The van der Waals surface area contributed by atoms with Crippen molar-refractivity contribution in [2.45, 2.75) is 31.9 Å². The predicted molar refractivity (Wildman–Crippen MR) is 71.0 cm³/mol. The average molecular weight is 234 g/mol. The molecule has 1 fully saturated rings. The first-order valence-electron chi connectivity index (χ1n) is 6.38. The molecule has 2 unspecified atom stereocenters. The Bertz CT molecular complexity index is 354. The van der Waals surface area contributed by atoms with Crippen molar-refractivity contribution >= 4 is 5.69 Å². The van der Waals surface area contributed by atoms with E-state index in [2.05, 4.69) is 29.6 Å². The van der Waals surface area contributed by atoms with E-state index in [9.17, 15) is 0 Å². The van der Waals surface area contributed by atoms with Crippen molar-refractivity contribution in [1.29, 1.82) is 0 Å². The lowest BCUT2D eigenvalue weighted by molar-refractivity contribution is 0.185. The predicted octanol–water partition coefficient (Wildman–Crippen LogP) is 2.37. The zero-order valence-electron chi connectivity index (χ0n) is 10.5. The number of methoxy groups -OCH3 is 1. The van der Waals surface area contributed by atoms with Crippen LogP contribution in [0, 0.1) is 5.92 Å². The quantitative estimate of drug-likeness (QED) is 0.822. The molecule has 0 heterocycles. The number of nitrogens with two attached hydrogens (primary N) is 1. The van der Waals surface area contributed by atoms with Crippen LogP contribution in [-0.4, -0.2) is 19.7 Å². The van der Waals surface area contributed by atoms with Crippen LogP contribution in [0.5, 0.6) is 0 Å². The molecular weight excluding hydrogens is 212 g/mol. The first kappa shape index (κ1) is 12.4. The number of rotatable bonds is 5. The summed E-state index contributed by atoms with van der Waals surface area (Å²) in [4.78, 5) is 0. The normalized spacial score (nSPS) is 23.9. The molecule has 94 valence electrons. The summed E-state index contributed by atoms with van der Waals surface area (Å²) in [6, 6.07) is 8.98. The van der Waals surface area contributed by atoms with Gasteiger partial charge in [0.05, 0.1) is 6.61 Å². The molecule has 0 radical (unpaired) electrons. The molecule has 0 amide bonds. The second-order valence-electron chi connectivity index (χ2n) is 4.81. The lowest BCUT2D eigenvalue weighted by atomic mass is 10.0. The fourth-order valence-corrected chi connectivity index (χ4v) is 2.64. The standard InChI is InChI=1S/C14H22N2O/c1-17-10-11-4-2-6-13(8-11)16-14-7-3-5-12(14)9-15/h2,4,6,8,12,14,16H,3,5,7,9-10,15H2,1H3. The minimum Gasteiger partial charge on any atom is -0.382 e. The van der Waals surface area contributed by atoms with Crippen LogP contribution < -0.4 is 11.1 Å². The lowest BCUT2D eigenvalue weighted by Crippen LogP contribution is -2.29. The van der Waals surface area contributed by atoms with Crippen molar-refractivity contribution in [2.75, 3.05) is 19.0 Å². The molecule has 0 aliphatic heterocycles. The second-order valence-corrected chi connectivity index (χ2v) is 4.81. The molecule has 2 rings (SSSR count). The molecule has 3 nitrogen and oxygen atoms in total. The van der Waals surface area contributed by atoms with Gasteiger partial charge in [-0.3, -0.25) is 0 Å². The van der Waals surface area contributed by atoms with Gasteiger partial charge in [0.25, 0.3) is 0 Å². The van der Waals surface area contributed by atoms with E-state index in [1.54, 1.807) is 7.11 Å². The van der Waals surface area contributed by atoms with Crippen LogP contribution in [0.3, 0.4) is 0 Å². The van der Waals surface area contributed by atoms with E-state index < -0.39 is 0 Å². The Kier molecular flexibility index (Phi) is 4.40. The molecule has 1 saturated carbocycles. The van der Waals surface area contributed by atoms with Gasteiger partial charge in [0, 0.05) is 18.8 Å². The molecule has 1 aromatic rings. The van der Waals surface area contributed by atoms with Crippen molar-refractivity contribution in [2.24, 2.45) is 11.7 Å². The van der Waals surface area contributed by atoms with E-state index in [4.69, 9.17) is 10.5 Å². The van der Waals surface area contributed by atoms with Crippen molar-refractivity contribution < 1.29 is 4.74 Å². The third-order valence-corrected chi connectivity index (χ3v) is 3.55. The van der Waals surface area contributed by atoms with Gasteiger partial charge in [0.2, 0.25) is 0 Å². The molecule has 17 heavy (non-hydrogen) atoms. The minimum atomic E-state index is 0.540. The van der Waals surface area contributed by atoms with E-state index in [-0.39, 0.29) is 0 Å². The fraction of sp³-hybridized carbons (Fsp3) is 0.571. The summed E-state index contributed by atoms with van der Waals surface area (Å²) >= 11 is 0. The highest BCUT2D eigenvalue weighted by Crippen LogP contribution is 2.28. The fourth-order valence-electron chi connectivity index (χ4n) is 2.64. The van der Waals surface area contributed by atoms with Gasteiger partial charge in [-0.25, -0.2) is 0 Å². The monoisotopic (exact) mass is 234 g/mol. The number of anilines is 1. The van der Waals surface area contributed by atoms with Crippen LogP contribution in [-0.2, 0) is 11.3 Å². The average Bonchev–Trinajstić information content (AvgIpc) is 2.77. The van der Waals surface area contributed by atoms with Gasteiger partial charge in [-0.1, -0.05) is 18.6 Å². The number of benzene rings is 1. The smallest absolute Gasteiger partial charge is 0.0713 e. The Hall–Kier alpha value is -1.06. The Morgan fingerprint density at radius 2 is 2.29 bits per heavy atom. The third-order valence-electron chi connectivity index (χ3n) is 3.55. The van der Waals surface area contributed by atoms with Crippen LogP contribution in [0.25, 0.3) is 0 Å². The highest BCUT2D eigenvalue weighted by Gasteiger charge is 2.25. The Balaban J connectivity index is 2.00. The molecule has 1 aliphatic rings. The summed E-state index contributed by atoms with van der Waals surface area (Å²) in [6.45, 7) is 1.45. The summed E-state index contributed by atoms with van der Waals surface area (Å²) in [6.07, 6.45) is 3.78. The van der Waals surface area contributed by atoms with Crippen molar-refractivity contribution in [3.8, 4) is 0 Å². The van der Waals surface area contributed by atoms with E-state index in [1.807, 2.05) is 0 Å². The Morgan fingerprint density at radius 1 is 1.41 bits per heavy atom. The second kappa shape index (κ2) is 6.03. The van der Waals surface area contributed by atoms with Crippen molar-refractivity contribution in [3.63, 3.8) is 0 Å². The highest BCUT2D eigenvalue weighted by molar-refractivity contribution is 5.46. The van der Waals surface area contributed by atoms with Gasteiger partial charge >= 0.3 is 0 Å². The number of hydrogen-bond acceptors (Lipinski definition) is 3. The Labute approximate surface area is 103 Å². The zero-order chi connectivity index (χ0) is 12.1. The van der Waals surface area contributed by atoms with Gasteiger partial charge in [-0.2, -0.15) is 0 Å². The molecule has 3 N–H and O–H groups in total. The van der Waals surface area contributed by atoms with E-state index >= 15 is 0 Å². The molecular formula is C14H22N2O. The van der Waals surface area contributed by atoms with E-state index in [0.29, 0.717) is 18.6 Å². The van der Waals surface area contributed by atoms with E-state index in [0.717, 1.165) is 6.54 Å². The largest absolute Gasteiger partial charge is 0.382 e. The van der Waals surface area contributed by atoms with Crippen LogP contribution >= 0.6 is 0 Å². The van der Waals surface area contributed by atoms with E-state index in [1.165, 1.54) is 30.5 Å². The maximum atomic E-state index is 5.80.